The van der Waals surface area contributed by atoms with Gasteiger partial charge in [0.2, 0.25) is 0 Å². The minimum Gasteiger partial charge on any atom is -0.291 e. The lowest BCUT2D eigenvalue weighted by molar-refractivity contribution is 0.581. The van der Waals surface area contributed by atoms with E-state index in [0.29, 0.717) is 13.1 Å². The van der Waals surface area contributed by atoms with E-state index in [9.17, 15) is 0 Å². The van der Waals surface area contributed by atoms with Gasteiger partial charge in [-0.05, 0) is 193 Å². The molecule has 0 atom stereocenters. The van der Waals surface area contributed by atoms with Crippen molar-refractivity contribution < 1.29 is 0 Å². The molecule has 2 aromatic heterocycles. The molecule has 0 saturated carbocycles. The lowest BCUT2D eigenvalue weighted by Gasteiger charge is -2.15. The molecule has 3 aromatic carbocycles. The molecule has 6 bridgehead atoms. The van der Waals surface area contributed by atoms with Crippen LogP contribution in [0.3, 0.4) is 0 Å². The summed E-state index contributed by atoms with van der Waals surface area (Å²) < 4.78 is 4.68. The predicted molar refractivity (Wildman–Crippen MR) is 234 cm³/mol. The van der Waals surface area contributed by atoms with Crippen LogP contribution in [0.15, 0.2) is 65.1 Å². The Morgan fingerprint density at radius 2 is 1.12 bits per heavy atom. The zero-order valence-electron chi connectivity index (χ0n) is 35.9. The number of fused-ring (bicyclic) bond motifs is 11. The Labute approximate surface area is 330 Å². The maximum Gasteiger partial charge on any atom is 0.165 e. The minimum absolute atomic E-state index is 0.451. The molecule has 3 aliphatic heterocycles. The summed E-state index contributed by atoms with van der Waals surface area (Å²) in [6.45, 7) is 34.0. The molecule has 7 nitrogen and oxygen atoms in total. The fourth-order valence-corrected chi connectivity index (χ4v) is 9.62. The molecule has 5 heterocycles. The van der Waals surface area contributed by atoms with Gasteiger partial charge in [-0.2, -0.15) is 0 Å². The Hall–Kier alpha value is -5.43. The summed E-state index contributed by atoms with van der Waals surface area (Å²) in [6, 6.07) is 2.33. The van der Waals surface area contributed by atoms with Crippen LogP contribution in [-0.2, 0) is 6.67 Å². The van der Waals surface area contributed by atoms with Gasteiger partial charge in [0.1, 0.15) is 29.3 Å². The SMILES string of the molecule is CC/C(C)=C(C)\C(C)=C1/CC2=CC1=Nc1c3c(C)c(C)c(C)c(C)c3c3n1Cn1c(c4cc(C)c(C)c(C)c4c1=NC1=NC(=N3)c3c(C)c(C)c(C)c(C)c31)=N2. The summed E-state index contributed by atoms with van der Waals surface area (Å²) >= 11 is 0. The van der Waals surface area contributed by atoms with Crippen molar-refractivity contribution in [1.82, 2.24) is 9.13 Å². The van der Waals surface area contributed by atoms with Gasteiger partial charge in [0, 0.05) is 44.8 Å². The number of hydrogen-bond acceptors (Lipinski definition) is 5. The normalized spacial score (nSPS) is 16.9. The molecule has 1 aliphatic carbocycles. The van der Waals surface area contributed by atoms with E-state index in [1.807, 2.05) is 0 Å². The van der Waals surface area contributed by atoms with Gasteiger partial charge in [-0.25, -0.2) is 25.0 Å². The van der Waals surface area contributed by atoms with Gasteiger partial charge in [-0.1, -0.05) is 12.5 Å². The molecule has 56 heavy (non-hydrogen) atoms. The number of amidine groups is 2. The number of hydrogen-bond donors (Lipinski definition) is 0. The summed E-state index contributed by atoms with van der Waals surface area (Å²) in [5, 5.41) is 4.53. The number of allylic oxidation sites excluding steroid dienone is 5. The first-order chi connectivity index (χ1) is 26.5. The summed E-state index contributed by atoms with van der Waals surface area (Å²) in [4.78, 5) is 28.1. The molecule has 284 valence electrons. The van der Waals surface area contributed by atoms with Crippen LogP contribution in [0.2, 0.25) is 0 Å². The standard InChI is InChI=1S/C49H53N7/c1-16-21(2)23(4)29(10)36-18-35-19-38(36)51-48-42-33(14)27(8)28(9)34(15)43(42)49-54-45-41-32(13)26(7)25(6)31(12)40(41)44(52-45)53-47-39-30(11)24(5)22(3)17-37(39)46(50-35)55(47)20-56(48)49/h17,19H,16,18,20H2,1-15H3/b23-21-,36-29+,50-35?,50-46?,51-38?,51-48?,53-44?,53-47?,54-45?,54-49?. The van der Waals surface area contributed by atoms with Crippen LogP contribution in [0.25, 0.3) is 21.5 Å². The monoisotopic (exact) mass is 739 g/mol. The minimum atomic E-state index is 0.451. The number of aliphatic imine (C=N–C) groups is 3. The molecule has 0 spiro atoms. The van der Waals surface area contributed by atoms with Crippen molar-refractivity contribution in [1.29, 1.82) is 0 Å². The van der Waals surface area contributed by atoms with Crippen molar-refractivity contribution in [2.45, 2.75) is 123 Å². The number of aromatic nitrogens is 2. The summed E-state index contributed by atoms with van der Waals surface area (Å²) in [5.74, 6) is 3.25. The molecule has 9 rings (SSSR count). The maximum atomic E-state index is 5.76. The van der Waals surface area contributed by atoms with Gasteiger partial charge in [0.05, 0.1) is 5.71 Å². The first-order valence-electron chi connectivity index (χ1n) is 20.2. The number of nitrogens with zero attached hydrogens (tertiary/aromatic N) is 7. The van der Waals surface area contributed by atoms with Crippen molar-refractivity contribution in [2.24, 2.45) is 25.0 Å². The number of rotatable bonds is 2. The summed E-state index contributed by atoms with van der Waals surface area (Å²) in [7, 11) is 0. The van der Waals surface area contributed by atoms with Crippen LogP contribution in [0, 0.1) is 76.2 Å². The van der Waals surface area contributed by atoms with Crippen LogP contribution in [0.4, 0.5) is 11.6 Å². The highest BCUT2D eigenvalue weighted by Gasteiger charge is 2.33. The molecule has 0 N–H and O–H groups in total. The van der Waals surface area contributed by atoms with Crippen molar-refractivity contribution >= 4 is 50.6 Å². The molecule has 0 fully saturated rings. The average Bonchev–Trinajstić information content (AvgIpc) is 3.90. The second-order valence-electron chi connectivity index (χ2n) is 16.9. The highest BCUT2D eigenvalue weighted by Crippen LogP contribution is 2.47. The molecule has 0 unspecified atom stereocenters. The fraction of sp³-hybridized carbons (Fsp3) is 0.367. The first kappa shape index (κ1) is 36.2. The largest absolute Gasteiger partial charge is 0.291 e. The Balaban J connectivity index is 1.58. The number of aryl methyl sites for hydroxylation is 4. The topological polar surface area (TPSA) is 71.7 Å². The third-order valence-corrected chi connectivity index (χ3v) is 14.5. The van der Waals surface area contributed by atoms with Gasteiger partial charge in [0.15, 0.2) is 11.7 Å². The van der Waals surface area contributed by atoms with Crippen LogP contribution in [0.5, 0.6) is 0 Å². The zero-order valence-corrected chi connectivity index (χ0v) is 35.9. The number of benzene rings is 3. The fourth-order valence-electron chi connectivity index (χ4n) is 9.62. The Morgan fingerprint density at radius 1 is 0.571 bits per heavy atom. The smallest absolute Gasteiger partial charge is 0.165 e. The van der Waals surface area contributed by atoms with E-state index in [0.717, 1.165) is 84.8 Å². The van der Waals surface area contributed by atoms with Crippen LogP contribution >= 0.6 is 0 Å². The van der Waals surface area contributed by atoms with Gasteiger partial charge in [-0.3, -0.25) is 9.13 Å². The first-order valence-corrected chi connectivity index (χ1v) is 20.2. The van der Waals surface area contributed by atoms with Crippen LogP contribution in [-0.4, -0.2) is 26.5 Å². The predicted octanol–water partition coefficient (Wildman–Crippen LogP) is 11.0. The average molecular weight is 740 g/mol. The molecule has 7 heteroatoms. The Morgan fingerprint density at radius 3 is 1.73 bits per heavy atom. The van der Waals surface area contributed by atoms with Crippen LogP contribution in [0.1, 0.15) is 113 Å². The van der Waals surface area contributed by atoms with E-state index in [4.69, 9.17) is 25.0 Å². The third-order valence-electron chi connectivity index (χ3n) is 14.5. The van der Waals surface area contributed by atoms with Crippen molar-refractivity contribution in [3.8, 4) is 0 Å². The van der Waals surface area contributed by atoms with Gasteiger partial charge in [-0.15, -0.1) is 0 Å². The van der Waals surface area contributed by atoms with E-state index in [-0.39, 0.29) is 0 Å². The molecular formula is C49H53N7. The maximum absolute atomic E-state index is 5.76. The van der Waals surface area contributed by atoms with E-state index < -0.39 is 0 Å². The lowest BCUT2D eigenvalue weighted by Crippen LogP contribution is -2.31. The second-order valence-corrected chi connectivity index (χ2v) is 16.9. The highest BCUT2D eigenvalue weighted by atomic mass is 15.3. The Kier molecular flexibility index (Phi) is 7.95. The van der Waals surface area contributed by atoms with Crippen molar-refractivity contribution in [3.63, 3.8) is 0 Å². The van der Waals surface area contributed by atoms with Crippen molar-refractivity contribution in [2.75, 3.05) is 0 Å². The zero-order chi connectivity index (χ0) is 40.0. The Bertz CT molecular complexity index is 3070. The molecule has 0 radical (unpaired) electrons. The summed E-state index contributed by atoms with van der Waals surface area (Å²) in [5.41, 5.74) is 24.9. The van der Waals surface area contributed by atoms with E-state index >= 15 is 0 Å². The van der Waals surface area contributed by atoms with Crippen LogP contribution < -0.4 is 11.0 Å². The molecule has 0 amide bonds. The van der Waals surface area contributed by atoms with Gasteiger partial charge < -0.3 is 0 Å². The summed E-state index contributed by atoms with van der Waals surface area (Å²) in [6.07, 6.45) is 3.96. The molecule has 0 saturated heterocycles. The van der Waals surface area contributed by atoms with E-state index in [2.05, 4.69) is 125 Å². The second kappa shape index (κ2) is 12.3. The van der Waals surface area contributed by atoms with Gasteiger partial charge in [0.25, 0.3) is 0 Å². The molecule has 5 aromatic rings. The quantitative estimate of drug-likeness (QED) is 0.173. The van der Waals surface area contributed by atoms with E-state index in [1.165, 1.54) is 83.5 Å². The van der Waals surface area contributed by atoms with E-state index in [1.54, 1.807) is 0 Å². The van der Waals surface area contributed by atoms with Crippen molar-refractivity contribution in [3.05, 3.63) is 123 Å². The molecular weight excluding hydrogens is 687 g/mol. The van der Waals surface area contributed by atoms with Gasteiger partial charge >= 0.3 is 0 Å². The lowest BCUT2D eigenvalue weighted by atomic mass is 9.89. The third kappa shape index (κ3) is 4.72. The molecule has 4 aliphatic rings. The highest BCUT2D eigenvalue weighted by molar-refractivity contribution is 6.25.